The average molecular weight is 379 g/mol. The third-order valence-corrected chi connectivity index (χ3v) is 3.95. The molecular weight excluding hydrogens is 350 g/mol. The van der Waals surface area contributed by atoms with Gasteiger partial charge in [-0.2, -0.15) is 0 Å². The van der Waals surface area contributed by atoms with Crippen molar-refractivity contribution in [1.29, 1.82) is 0 Å². The maximum absolute atomic E-state index is 13.0. The lowest BCUT2D eigenvalue weighted by molar-refractivity contribution is -0.137. The highest BCUT2D eigenvalue weighted by atomic mass is 16.5. The van der Waals surface area contributed by atoms with Gasteiger partial charge in [0.1, 0.15) is 11.8 Å². The summed E-state index contributed by atoms with van der Waals surface area (Å²) in [5, 5.41) is 2.62. The van der Waals surface area contributed by atoms with Gasteiger partial charge in [0.05, 0.1) is 7.11 Å². The molecule has 0 spiro atoms. The number of carbonyl (C=O) groups excluding carboxylic acids is 3. The van der Waals surface area contributed by atoms with Gasteiger partial charge >= 0.3 is 0 Å². The van der Waals surface area contributed by atoms with Gasteiger partial charge in [-0.25, -0.2) is 0 Å². The number of hydrogen-bond donors (Lipinski definition) is 2. The van der Waals surface area contributed by atoms with Gasteiger partial charge in [0, 0.05) is 40.2 Å². The van der Waals surface area contributed by atoms with Crippen LogP contribution >= 0.6 is 0 Å². The summed E-state index contributed by atoms with van der Waals surface area (Å²) >= 11 is 0. The first-order valence-electron chi connectivity index (χ1n) is 8.83. The predicted octanol–water partition coefficient (Wildman–Crippen LogP) is 0.831. The summed E-state index contributed by atoms with van der Waals surface area (Å²) in [7, 11) is 3.18. The maximum Gasteiger partial charge on any atom is 0.245 e. The molecular formula is C19H29N3O5. The Kier molecular flexibility index (Phi) is 9.89. The second-order valence-electron chi connectivity index (χ2n) is 6.22. The molecule has 0 aliphatic carbocycles. The van der Waals surface area contributed by atoms with E-state index in [1.807, 2.05) is 24.3 Å². The lowest BCUT2D eigenvalue weighted by Crippen LogP contribution is -2.48. The molecule has 1 rings (SSSR count). The molecule has 3 amide bonds. The molecule has 27 heavy (non-hydrogen) atoms. The summed E-state index contributed by atoms with van der Waals surface area (Å²) in [5.41, 5.74) is 6.09. The lowest BCUT2D eigenvalue weighted by Gasteiger charge is -2.28. The van der Waals surface area contributed by atoms with Crippen molar-refractivity contribution in [3.05, 3.63) is 29.8 Å². The van der Waals surface area contributed by atoms with Crippen LogP contribution in [-0.4, -0.2) is 56.0 Å². The summed E-state index contributed by atoms with van der Waals surface area (Å²) in [5.74, 6) is -0.415. The van der Waals surface area contributed by atoms with E-state index in [1.165, 1.54) is 6.92 Å². The van der Waals surface area contributed by atoms with Crippen LogP contribution in [0.25, 0.3) is 0 Å². The number of nitrogens with one attached hydrogen (secondary N) is 1. The molecule has 8 nitrogen and oxygen atoms in total. The van der Waals surface area contributed by atoms with Crippen LogP contribution in [0.5, 0.6) is 5.75 Å². The number of nitrogens with zero attached hydrogens (tertiary/aromatic N) is 1. The van der Waals surface area contributed by atoms with E-state index in [-0.39, 0.29) is 24.7 Å². The number of rotatable bonds is 12. The van der Waals surface area contributed by atoms with E-state index in [2.05, 4.69) is 5.32 Å². The van der Waals surface area contributed by atoms with Crippen molar-refractivity contribution < 1.29 is 23.9 Å². The molecule has 0 heterocycles. The lowest BCUT2D eigenvalue weighted by atomic mass is 10.1. The Balaban J connectivity index is 2.96. The van der Waals surface area contributed by atoms with Gasteiger partial charge in [-0.15, -0.1) is 0 Å². The number of hydrogen-bond acceptors (Lipinski definition) is 5. The van der Waals surface area contributed by atoms with Gasteiger partial charge < -0.3 is 25.4 Å². The molecule has 0 aliphatic rings. The number of nitrogens with two attached hydrogens (primary N) is 1. The van der Waals surface area contributed by atoms with Crippen LogP contribution < -0.4 is 15.8 Å². The summed E-state index contributed by atoms with van der Waals surface area (Å²) in [6, 6.07) is 6.63. The fourth-order valence-electron chi connectivity index (χ4n) is 2.67. The topological polar surface area (TPSA) is 111 Å². The minimum absolute atomic E-state index is 0.0156. The van der Waals surface area contributed by atoms with Crippen molar-refractivity contribution in [3.8, 4) is 5.75 Å². The molecule has 0 saturated carbocycles. The predicted molar refractivity (Wildman–Crippen MR) is 101 cm³/mol. The molecule has 0 unspecified atom stereocenters. The molecule has 0 bridgehead atoms. The molecule has 0 aliphatic heterocycles. The summed E-state index contributed by atoms with van der Waals surface area (Å²) in [6.07, 6.45) is 0.823. The summed E-state index contributed by atoms with van der Waals surface area (Å²) < 4.78 is 10.3. The third-order valence-electron chi connectivity index (χ3n) is 3.95. The normalized spacial score (nSPS) is 11.5. The first-order valence-corrected chi connectivity index (χ1v) is 8.83. The summed E-state index contributed by atoms with van der Waals surface area (Å²) in [4.78, 5) is 37.3. The fourth-order valence-corrected chi connectivity index (χ4v) is 2.67. The van der Waals surface area contributed by atoms with Gasteiger partial charge in [0.25, 0.3) is 0 Å². The molecule has 0 fully saturated rings. The van der Waals surface area contributed by atoms with E-state index < -0.39 is 11.9 Å². The summed E-state index contributed by atoms with van der Waals surface area (Å²) in [6.45, 7) is 2.65. The minimum atomic E-state index is -0.803. The van der Waals surface area contributed by atoms with Crippen LogP contribution in [0.15, 0.2) is 24.3 Å². The van der Waals surface area contributed by atoms with Crippen LogP contribution in [-0.2, 0) is 25.7 Å². The second kappa shape index (κ2) is 11.9. The Bertz CT molecular complexity index is 636. The van der Waals surface area contributed by atoms with E-state index in [9.17, 15) is 14.4 Å². The molecule has 0 radical (unpaired) electrons. The number of ether oxygens (including phenoxy) is 2. The van der Waals surface area contributed by atoms with Gasteiger partial charge in [-0.1, -0.05) is 12.1 Å². The van der Waals surface area contributed by atoms with Crippen molar-refractivity contribution in [2.75, 3.05) is 27.4 Å². The first kappa shape index (κ1) is 22.4. The van der Waals surface area contributed by atoms with Gasteiger partial charge in [-0.3, -0.25) is 14.4 Å². The molecule has 1 aromatic rings. The van der Waals surface area contributed by atoms with Crippen molar-refractivity contribution in [2.45, 2.75) is 38.8 Å². The zero-order chi connectivity index (χ0) is 20.2. The van der Waals surface area contributed by atoms with Crippen molar-refractivity contribution in [3.63, 3.8) is 0 Å². The van der Waals surface area contributed by atoms with E-state index in [0.717, 1.165) is 5.56 Å². The molecule has 8 heteroatoms. The largest absolute Gasteiger partial charge is 0.497 e. The Morgan fingerprint density at radius 1 is 1.26 bits per heavy atom. The Morgan fingerprint density at radius 3 is 2.59 bits per heavy atom. The third kappa shape index (κ3) is 8.54. The number of amides is 3. The van der Waals surface area contributed by atoms with Crippen LogP contribution in [0.2, 0.25) is 0 Å². The average Bonchev–Trinajstić information content (AvgIpc) is 2.63. The number of benzene rings is 1. The quantitative estimate of drug-likeness (QED) is 0.523. The molecule has 1 atom stereocenters. The minimum Gasteiger partial charge on any atom is -0.497 e. The molecule has 0 aromatic heterocycles. The molecule has 0 saturated heterocycles. The van der Waals surface area contributed by atoms with Crippen LogP contribution in [0.4, 0.5) is 0 Å². The van der Waals surface area contributed by atoms with Crippen LogP contribution in [0.3, 0.4) is 0 Å². The van der Waals surface area contributed by atoms with E-state index >= 15 is 0 Å². The van der Waals surface area contributed by atoms with Crippen LogP contribution in [0, 0.1) is 0 Å². The monoisotopic (exact) mass is 379 g/mol. The highest BCUT2D eigenvalue weighted by molar-refractivity contribution is 5.87. The smallest absolute Gasteiger partial charge is 0.245 e. The Hall–Kier alpha value is -2.61. The van der Waals surface area contributed by atoms with Gasteiger partial charge in [0.15, 0.2) is 0 Å². The Labute approximate surface area is 160 Å². The molecule has 3 N–H and O–H groups in total. The van der Waals surface area contributed by atoms with E-state index in [4.69, 9.17) is 15.2 Å². The Morgan fingerprint density at radius 2 is 2.00 bits per heavy atom. The fraction of sp³-hybridized carbons (Fsp3) is 0.526. The number of primary amides is 1. The van der Waals surface area contributed by atoms with Gasteiger partial charge in [0.2, 0.25) is 17.7 Å². The SMILES string of the molecule is COCCCN(Cc1cccc(OC)c1)C(=O)[C@H](CCC(N)=O)NC(C)=O. The van der Waals surface area contributed by atoms with E-state index in [1.54, 1.807) is 19.1 Å². The molecule has 150 valence electrons. The molecule has 1 aromatic carbocycles. The highest BCUT2D eigenvalue weighted by Gasteiger charge is 2.25. The highest BCUT2D eigenvalue weighted by Crippen LogP contribution is 2.16. The van der Waals surface area contributed by atoms with Crippen LogP contribution in [0.1, 0.15) is 31.7 Å². The van der Waals surface area contributed by atoms with E-state index in [0.29, 0.717) is 31.9 Å². The van der Waals surface area contributed by atoms with Gasteiger partial charge in [-0.05, 0) is 30.5 Å². The number of carbonyl (C=O) groups is 3. The zero-order valence-electron chi connectivity index (χ0n) is 16.2. The zero-order valence-corrected chi connectivity index (χ0v) is 16.2. The van der Waals surface area contributed by atoms with Crippen molar-refractivity contribution in [1.82, 2.24) is 10.2 Å². The second-order valence-corrected chi connectivity index (χ2v) is 6.22. The van der Waals surface area contributed by atoms with Crippen molar-refractivity contribution in [2.24, 2.45) is 5.73 Å². The number of methoxy groups -OCH3 is 2. The maximum atomic E-state index is 13.0. The first-order chi connectivity index (χ1) is 12.9. The van der Waals surface area contributed by atoms with Crippen molar-refractivity contribution >= 4 is 17.7 Å². The standard InChI is InChI=1S/C19H29N3O5/c1-14(23)21-17(8-9-18(20)24)19(25)22(10-5-11-26-2)13-15-6-4-7-16(12-15)27-3/h4,6-7,12,17H,5,8-11,13H2,1-3H3,(H2,20,24)(H,21,23)/t17-/m0/s1.